The summed E-state index contributed by atoms with van der Waals surface area (Å²) in [6.07, 6.45) is -0.642. The molecular formula is C32H39N3O6. The van der Waals surface area contributed by atoms with Crippen molar-refractivity contribution in [1.82, 2.24) is 10.2 Å². The molecule has 9 heteroatoms. The van der Waals surface area contributed by atoms with Crippen molar-refractivity contribution >= 4 is 23.6 Å². The zero-order valence-corrected chi connectivity index (χ0v) is 24.6. The molecule has 3 N–H and O–H groups in total. The molecule has 218 valence electrons. The SMILES string of the molecule is COc1ccc(NC(=O)C(c2ccc(C)cc2C)N(C)C(=O)C(Cc2ccc(O)cc2)NC(=O)OC(C)(C)C)cc1. The topological polar surface area (TPSA) is 117 Å². The molecule has 0 radical (unpaired) electrons. The Morgan fingerprint density at radius 2 is 1.59 bits per heavy atom. The number of carbonyl (C=O) groups excluding carboxylic acids is 3. The van der Waals surface area contributed by atoms with Gasteiger partial charge in [0.15, 0.2) is 0 Å². The van der Waals surface area contributed by atoms with Crippen LogP contribution in [0.4, 0.5) is 10.5 Å². The molecule has 41 heavy (non-hydrogen) atoms. The molecule has 0 heterocycles. The number of nitrogens with one attached hydrogen (secondary N) is 2. The molecule has 0 fully saturated rings. The molecule has 0 saturated carbocycles. The van der Waals surface area contributed by atoms with Crippen molar-refractivity contribution in [2.75, 3.05) is 19.5 Å². The number of hydrogen-bond donors (Lipinski definition) is 3. The Morgan fingerprint density at radius 1 is 0.951 bits per heavy atom. The number of likely N-dealkylation sites (N-methyl/N-ethyl adjacent to an activating group) is 1. The third-order valence-electron chi connectivity index (χ3n) is 6.43. The molecule has 0 saturated heterocycles. The highest BCUT2D eigenvalue weighted by atomic mass is 16.6. The van der Waals surface area contributed by atoms with Crippen molar-refractivity contribution in [2.45, 2.75) is 58.7 Å². The zero-order chi connectivity index (χ0) is 30.3. The van der Waals surface area contributed by atoms with Crippen LogP contribution in [0, 0.1) is 13.8 Å². The highest BCUT2D eigenvalue weighted by Crippen LogP contribution is 2.27. The van der Waals surface area contributed by atoms with E-state index in [0.717, 1.165) is 11.1 Å². The maximum atomic E-state index is 14.1. The Balaban J connectivity index is 1.98. The lowest BCUT2D eigenvalue weighted by Crippen LogP contribution is -2.52. The quantitative estimate of drug-likeness (QED) is 0.327. The first-order chi connectivity index (χ1) is 19.3. The number of aryl methyl sites for hydroxylation is 2. The van der Waals surface area contributed by atoms with Gasteiger partial charge in [-0.05, 0) is 87.7 Å². The minimum atomic E-state index is -1.05. The Kier molecular flexibility index (Phi) is 9.99. The number of nitrogens with zero attached hydrogens (tertiary/aromatic N) is 1. The summed E-state index contributed by atoms with van der Waals surface area (Å²) in [4.78, 5) is 42.0. The van der Waals surface area contributed by atoms with E-state index >= 15 is 0 Å². The van der Waals surface area contributed by atoms with Crippen LogP contribution in [0.3, 0.4) is 0 Å². The van der Waals surface area contributed by atoms with Crippen molar-refractivity contribution in [1.29, 1.82) is 0 Å². The van der Waals surface area contributed by atoms with Gasteiger partial charge < -0.3 is 30.1 Å². The number of amides is 3. The van der Waals surface area contributed by atoms with Gasteiger partial charge in [0.05, 0.1) is 7.11 Å². The van der Waals surface area contributed by atoms with Crippen LogP contribution < -0.4 is 15.4 Å². The van der Waals surface area contributed by atoms with Crippen LogP contribution in [0.25, 0.3) is 0 Å². The first kappa shape index (κ1) is 31.0. The van der Waals surface area contributed by atoms with Gasteiger partial charge in [-0.1, -0.05) is 35.9 Å². The summed E-state index contributed by atoms with van der Waals surface area (Å²) in [7, 11) is 3.10. The number of benzene rings is 3. The molecule has 2 atom stereocenters. The standard InChI is InChI=1S/C32H39N3O6/c1-20-8-17-26(21(2)18-20)28(29(37)33-23-11-15-25(40-7)16-12-23)35(6)30(38)27(34-31(39)41-32(3,4)5)19-22-9-13-24(36)14-10-22/h8-18,27-28,36H,19H2,1-7H3,(H,33,37)(H,34,39). The van der Waals surface area contributed by atoms with E-state index in [1.807, 2.05) is 32.0 Å². The Bertz CT molecular complexity index is 1360. The fourth-order valence-corrected chi connectivity index (χ4v) is 4.43. The molecule has 0 bridgehead atoms. The number of phenolic OH excluding ortho intramolecular Hbond substituents is 1. The number of ether oxygens (including phenoxy) is 2. The monoisotopic (exact) mass is 561 g/mol. The van der Waals surface area contributed by atoms with Crippen molar-refractivity contribution in [3.05, 3.63) is 89.0 Å². The summed E-state index contributed by atoms with van der Waals surface area (Å²) in [6.45, 7) is 9.04. The van der Waals surface area contributed by atoms with E-state index in [4.69, 9.17) is 9.47 Å². The normalized spacial score (nSPS) is 12.6. The van der Waals surface area contributed by atoms with E-state index < -0.39 is 35.6 Å². The molecule has 3 amide bonds. The van der Waals surface area contributed by atoms with Gasteiger partial charge in [-0.25, -0.2) is 4.79 Å². The fourth-order valence-electron chi connectivity index (χ4n) is 4.43. The summed E-state index contributed by atoms with van der Waals surface area (Å²) >= 11 is 0. The highest BCUT2D eigenvalue weighted by Gasteiger charge is 2.35. The number of alkyl carbamates (subject to hydrolysis) is 1. The van der Waals surface area contributed by atoms with Crippen molar-refractivity contribution < 1.29 is 29.0 Å². The number of rotatable bonds is 9. The van der Waals surface area contributed by atoms with E-state index in [2.05, 4.69) is 10.6 Å². The zero-order valence-electron chi connectivity index (χ0n) is 24.6. The smallest absolute Gasteiger partial charge is 0.408 e. The first-order valence-electron chi connectivity index (χ1n) is 13.3. The number of carbonyl (C=O) groups is 3. The maximum Gasteiger partial charge on any atom is 0.408 e. The molecule has 0 aromatic heterocycles. The van der Waals surface area contributed by atoms with Crippen LogP contribution in [-0.4, -0.2) is 53.7 Å². The predicted octanol–water partition coefficient (Wildman–Crippen LogP) is 5.29. The van der Waals surface area contributed by atoms with Gasteiger partial charge in [0.25, 0.3) is 5.91 Å². The Morgan fingerprint density at radius 3 is 2.15 bits per heavy atom. The number of aromatic hydroxyl groups is 1. The Hall–Kier alpha value is -4.53. The Labute approximate surface area is 241 Å². The van der Waals surface area contributed by atoms with E-state index in [0.29, 0.717) is 22.6 Å². The molecule has 2 unspecified atom stereocenters. The number of methoxy groups -OCH3 is 1. The second kappa shape index (κ2) is 13.2. The van der Waals surface area contributed by atoms with Gasteiger partial charge in [-0.3, -0.25) is 9.59 Å². The van der Waals surface area contributed by atoms with Crippen molar-refractivity contribution in [3.8, 4) is 11.5 Å². The van der Waals surface area contributed by atoms with Gasteiger partial charge in [-0.15, -0.1) is 0 Å². The molecule has 3 aromatic carbocycles. The summed E-state index contributed by atoms with van der Waals surface area (Å²) in [5.41, 5.74) is 2.98. The van der Waals surface area contributed by atoms with Gasteiger partial charge in [0.2, 0.25) is 5.91 Å². The first-order valence-corrected chi connectivity index (χ1v) is 13.3. The van der Waals surface area contributed by atoms with Gasteiger partial charge >= 0.3 is 6.09 Å². The van der Waals surface area contributed by atoms with Gasteiger partial charge in [-0.2, -0.15) is 0 Å². The average Bonchev–Trinajstić information content (AvgIpc) is 2.89. The lowest BCUT2D eigenvalue weighted by atomic mass is 9.96. The van der Waals surface area contributed by atoms with E-state index in [-0.39, 0.29) is 12.2 Å². The van der Waals surface area contributed by atoms with Crippen LogP contribution in [0.1, 0.15) is 49.1 Å². The third kappa shape index (κ3) is 8.73. The lowest BCUT2D eigenvalue weighted by Gasteiger charge is -2.32. The van der Waals surface area contributed by atoms with Crippen LogP contribution in [0.15, 0.2) is 66.7 Å². The van der Waals surface area contributed by atoms with Crippen LogP contribution in [-0.2, 0) is 20.7 Å². The molecule has 3 aromatic rings. The van der Waals surface area contributed by atoms with Crippen molar-refractivity contribution in [2.24, 2.45) is 0 Å². The predicted molar refractivity (Wildman–Crippen MR) is 158 cm³/mol. The fraction of sp³-hybridized carbons (Fsp3) is 0.344. The van der Waals surface area contributed by atoms with Crippen LogP contribution in [0.5, 0.6) is 11.5 Å². The van der Waals surface area contributed by atoms with Crippen molar-refractivity contribution in [3.63, 3.8) is 0 Å². The molecule has 0 aliphatic rings. The summed E-state index contributed by atoms with van der Waals surface area (Å²) < 4.78 is 10.6. The molecule has 0 aliphatic heterocycles. The molecule has 0 spiro atoms. The molecular weight excluding hydrogens is 522 g/mol. The number of hydrogen-bond acceptors (Lipinski definition) is 6. The van der Waals surface area contributed by atoms with E-state index in [1.54, 1.807) is 71.3 Å². The minimum absolute atomic E-state index is 0.0824. The van der Waals surface area contributed by atoms with Gasteiger partial charge in [0.1, 0.15) is 29.2 Å². The second-order valence-corrected chi connectivity index (χ2v) is 11.0. The van der Waals surface area contributed by atoms with E-state index in [9.17, 15) is 19.5 Å². The molecule has 9 nitrogen and oxygen atoms in total. The average molecular weight is 562 g/mol. The van der Waals surface area contributed by atoms with E-state index in [1.165, 1.54) is 17.0 Å². The molecule has 0 aliphatic carbocycles. The lowest BCUT2D eigenvalue weighted by molar-refractivity contribution is -0.139. The minimum Gasteiger partial charge on any atom is -0.508 e. The summed E-state index contributed by atoms with van der Waals surface area (Å²) in [5, 5.41) is 15.3. The number of phenols is 1. The highest BCUT2D eigenvalue weighted by molar-refractivity contribution is 5.99. The van der Waals surface area contributed by atoms with Gasteiger partial charge in [0, 0.05) is 19.2 Å². The summed E-state index contributed by atoms with van der Waals surface area (Å²) in [6, 6.07) is 16.9. The number of anilines is 1. The molecule has 3 rings (SSSR count). The summed E-state index contributed by atoms with van der Waals surface area (Å²) in [5.74, 6) is -0.178. The third-order valence-corrected chi connectivity index (χ3v) is 6.43. The van der Waals surface area contributed by atoms with Crippen LogP contribution >= 0.6 is 0 Å². The largest absolute Gasteiger partial charge is 0.508 e. The second-order valence-electron chi connectivity index (χ2n) is 11.0. The maximum absolute atomic E-state index is 14.1. The van der Waals surface area contributed by atoms with Crippen LogP contribution in [0.2, 0.25) is 0 Å².